The van der Waals surface area contributed by atoms with Crippen LogP contribution in [0.5, 0.6) is 0 Å². The van der Waals surface area contributed by atoms with Gasteiger partial charge in [0.15, 0.2) is 9.84 Å². The van der Waals surface area contributed by atoms with Crippen LogP contribution < -0.4 is 0 Å². The van der Waals surface area contributed by atoms with Crippen LogP contribution in [-0.4, -0.2) is 20.4 Å². The van der Waals surface area contributed by atoms with Crippen LogP contribution >= 0.6 is 0 Å². The molecule has 3 rings (SSSR count). The molecule has 0 N–H and O–H groups in total. The summed E-state index contributed by atoms with van der Waals surface area (Å²) < 4.78 is 36.2. The minimum atomic E-state index is -3.01. The molecule has 0 atom stereocenters. The second-order valence-corrected chi connectivity index (χ2v) is 9.92. The van der Waals surface area contributed by atoms with E-state index in [1.165, 1.54) is 55.2 Å². The predicted octanol–water partition coefficient (Wildman–Crippen LogP) is 5.48. The van der Waals surface area contributed by atoms with E-state index in [4.69, 9.17) is 0 Å². The maximum Gasteiger partial charge on any atom is 0.151 e. The number of benzene rings is 1. The molecule has 0 amide bonds. The first-order chi connectivity index (χ1) is 12.3. The van der Waals surface area contributed by atoms with Crippen molar-refractivity contribution in [2.45, 2.75) is 45.4 Å². The molecule has 1 saturated carbocycles. The van der Waals surface area contributed by atoms with E-state index in [0.29, 0.717) is 5.41 Å². The van der Waals surface area contributed by atoms with E-state index in [2.05, 4.69) is 6.08 Å². The lowest BCUT2D eigenvalue weighted by molar-refractivity contribution is 0.121. The molecule has 4 heteroatoms. The van der Waals surface area contributed by atoms with E-state index < -0.39 is 9.84 Å². The summed E-state index contributed by atoms with van der Waals surface area (Å²) in [6.07, 6.45) is 14.0. The Morgan fingerprint density at radius 3 is 2.42 bits per heavy atom. The van der Waals surface area contributed by atoms with Crippen LogP contribution in [-0.2, 0) is 9.84 Å². The summed E-state index contributed by atoms with van der Waals surface area (Å²) in [5.74, 6) is -0.169. The highest BCUT2D eigenvalue weighted by Crippen LogP contribution is 2.55. The molecule has 2 aliphatic rings. The van der Waals surface area contributed by atoms with Gasteiger partial charge in [0, 0.05) is 6.26 Å². The second-order valence-electron chi connectivity index (χ2n) is 7.73. The Kier molecular flexibility index (Phi) is 5.52. The van der Waals surface area contributed by atoms with E-state index >= 15 is 0 Å². The van der Waals surface area contributed by atoms with Crippen molar-refractivity contribution in [3.05, 3.63) is 65.0 Å². The highest BCUT2D eigenvalue weighted by atomic mass is 32.2. The minimum absolute atomic E-state index is 0.0490. The molecule has 26 heavy (non-hydrogen) atoms. The van der Waals surface area contributed by atoms with Crippen LogP contribution in [0.2, 0.25) is 0 Å². The number of halogens is 1. The molecule has 2 nitrogen and oxygen atoms in total. The number of rotatable bonds is 5. The van der Waals surface area contributed by atoms with Crippen LogP contribution in [0.25, 0.3) is 5.57 Å². The maximum atomic E-state index is 13.4. The predicted molar refractivity (Wildman–Crippen MR) is 106 cm³/mol. The van der Waals surface area contributed by atoms with Crippen LogP contribution in [0.4, 0.5) is 4.39 Å². The van der Waals surface area contributed by atoms with Crippen molar-refractivity contribution in [2.24, 2.45) is 5.41 Å². The number of hydrogen-bond donors (Lipinski definition) is 0. The van der Waals surface area contributed by atoms with Gasteiger partial charge in [-0.3, -0.25) is 0 Å². The molecule has 0 saturated heterocycles. The number of sulfone groups is 1. The monoisotopic (exact) mass is 374 g/mol. The molecule has 1 aromatic carbocycles. The summed E-state index contributed by atoms with van der Waals surface area (Å²) in [5, 5.41) is 0. The van der Waals surface area contributed by atoms with Gasteiger partial charge in [-0.15, -0.1) is 0 Å². The van der Waals surface area contributed by atoms with Crippen LogP contribution in [0.15, 0.2) is 53.6 Å². The Hall–Kier alpha value is -1.68. The van der Waals surface area contributed by atoms with Gasteiger partial charge in [-0.25, -0.2) is 12.8 Å². The topological polar surface area (TPSA) is 34.1 Å². The van der Waals surface area contributed by atoms with Crippen molar-refractivity contribution in [3.8, 4) is 0 Å². The number of allylic oxidation sites excluding steroid dienone is 5. The fourth-order valence-corrected chi connectivity index (χ4v) is 4.63. The zero-order chi connectivity index (χ0) is 18.8. The van der Waals surface area contributed by atoms with Crippen molar-refractivity contribution in [3.63, 3.8) is 0 Å². The van der Waals surface area contributed by atoms with Gasteiger partial charge in [-0.1, -0.05) is 36.8 Å². The van der Waals surface area contributed by atoms with Gasteiger partial charge in [-0.2, -0.15) is 0 Å². The first kappa shape index (κ1) is 19.1. The lowest BCUT2D eigenvalue weighted by Gasteiger charge is -2.46. The average Bonchev–Trinajstić information content (AvgIpc) is 2.57. The number of hydrogen-bond acceptors (Lipinski definition) is 2. The SMILES string of the molecule is C/C=C(\C=C/CS(C)(=O)=O)C1=C(c2ccc(F)cc2)CC2(CCC2)CC1. The molecular formula is C22H27FO2S. The van der Waals surface area contributed by atoms with Gasteiger partial charge < -0.3 is 0 Å². The first-order valence-electron chi connectivity index (χ1n) is 9.31. The quantitative estimate of drug-likeness (QED) is 0.640. The molecule has 1 fully saturated rings. The van der Waals surface area contributed by atoms with Crippen LogP contribution in [0.1, 0.15) is 51.0 Å². The van der Waals surface area contributed by atoms with E-state index in [-0.39, 0.29) is 11.6 Å². The van der Waals surface area contributed by atoms with Crippen LogP contribution in [0, 0.1) is 11.2 Å². The summed E-state index contributed by atoms with van der Waals surface area (Å²) in [7, 11) is -3.01. The van der Waals surface area contributed by atoms with Crippen molar-refractivity contribution >= 4 is 15.4 Å². The second kappa shape index (κ2) is 7.51. The summed E-state index contributed by atoms with van der Waals surface area (Å²) in [6.45, 7) is 1.99. The minimum Gasteiger partial charge on any atom is -0.229 e. The van der Waals surface area contributed by atoms with E-state index in [0.717, 1.165) is 24.0 Å². The lowest BCUT2D eigenvalue weighted by Crippen LogP contribution is -2.32. The van der Waals surface area contributed by atoms with E-state index in [9.17, 15) is 12.8 Å². The van der Waals surface area contributed by atoms with Crippen molar-refractivity contribution < 1.29 is 12.8 Å². The molecule has 140 valence electrons. The smallest absolute Gasteiger partial charge is 0.151 e. The molecular weight excluding hydrogens is 347 g/mol. The zero-order valence-corrected chi connectivity index (χ0v) is 16.4. The molecule has 0 bridgehead atoms. The summed E-state index contributed by atoms with van der Waals surface area (Å²) in [4.78, 5) is 0. The maximum absolute atomic E-state index is 13.4. The van der Waals surface area contributed by atoms with Gasteiger partial charge in [-0.05, 0) is 78.9 Å². The van der Waals surface area contributed by atoms with Gasteiger partial charge in [0.2, 0.25) is 0 Å². The third-order valence-corrected chi connectivity index (χ3v) is 6.58. The van der Waals surface area contributed by atoms with Crippen molar-refractivity contribution in [1.29, 1.82) is 0 Å². The van der Waals surface area contributed by atoms with Crippen LogP contribution in [0.3, 0.4) is 0 Å². The fraction of sp³-hybridized carbons (Fsp3) is 0.455. The molecule has 0 aliphatic heterocycles. The highest BCUT2D eigenvalue weighted by molar-refractivity contribution is 7.90. The van der Waals surface area contributed by atoms with Gasteiger partial charge in [0.1, 0.15) is 5.82 Å². The molecule has 0 radical (unpaired) electrons. The molecule has 0 aromatic heterocycles. The molecule has 1 spiro atoms. The third-order valence-electron chi connectivity index (χ3n) is 5.78. The summed E-state index contributed by atoms with van der Waals surface area (Å²) in [5.41, 5.74) is 5.17. The van der Waals surface area contributed by atoms with E-state index in [1.54, 1.807) is 6.08 Å². The Bertz CT molecular complexity index is 854. The molecule has 0 unspecified atom stereocenters. The molecule has 1 aromatic rings. The highest BCUT2D eigenvalue weighted by Gasteiger charge is 2.40. The van der Waals surface area contributed by atoms with Gasteiger partial charge in [0.25, 0.3) is 0 Å². The first-order valence-corrected chi connectivity index (χ1v) is 11.4. The summed E-state index contributed by atoms with van der Waals surface area (Å²) >= 11 is 0. The standard InChI is InChI=1S/C22H27FO2S/c1-3-17(6-4-15-26(2,24)25)20-11-14-22(12-5-13-22)16-21(20)18-7-9-19(23)10-8-18/h3-4,6-10H,5,11-16H2,1-2H3/b6-4-,17-3+. The van der Waals surface area contributed by atoms with Crippen molar-refractivity contribution in [2.75, 3.05) is 12.0 Å². The Morgan fingerprint density at radius 1 is 1.19 bits per heavy atom. The van der Waals surface area contributed by atoms with Crippen molar-refractivity contribution in [1.82, 2.24) is 0 Å². The Balaban J connectivity index is 1.97. The van der Waals surface area contributed by atoms with E-state index in [1.807, 2.05) is 25.1 Å². The summed E-state index contributed by atoms with van der Waals surface area (Å²) in [6, 6.07) is 6.79. The van der Waals surface area contributed by atoms with Gasteiger partial charge >= 0.3 is 0 Å². The fourth-order valence-electron chi connectivity index (χ4n) is 4.18. The average molecular weight is 375 g/mol. The largest absolute Gasteiger partial charge is 0.229 e. The Morgan fingerprint density at radius 2 is 1.88 bits per heavy atom. The zero-order valence-electron chi connectivity index (χ0n) is 15.6. The lowest BCUT2D eigenvalue weighted by atomic mass is 9.58. The third kappa shape index (κ3) is 4.35. The Labute approximate surface area is 156 Å². The normalized spacial score (nSPS) is 20.7. The van der Waals surface area contributed by atoms with Gasteiger partial charge in [0.05, 0.1) is 5.75 Å². The molecule has 0 heterocycles. The molecule has 2 aliphatic carbocycles.